The Kier molecular flexibility index (Phi) is 7.42. The van der Waals surface area contributed by atoms with Gasteiger partial charge in [-0.1, -0.05) is 42.2 Å². The van der Waals surface area contributed by atoms with Crippen LogP contribution < -0.4 is 10.6 Å². The van der Waals surface area contributed by atoms with Crippen molar-refractivity contribution < 1.29 is 9.18 Å². The maximum absolute atomic E-state index is 12.9. The third-order valence-electron chi connectivity index (χ3n) is 4.49. The molecule has 0 atom stereocenters. The molecule has 27 heavy (non-hydrogen) atoms. The van der Waals surface area contributed by atoms with Crippen LogP contribution in [0.3, 0.4) is 0 Å². The topological polar surface area (TPSA) is 70.2 Å². The smallest absolute Gasteiger partial charge is 0.230 e. The van der Waals surface area contributed by atoms with Crippen LogP contribution in [0.25, 0.3) is 0 Å². The molecule has 0 saturated carbocycles. The van der Waals surface area contributed by atoms with Crippen molar-refractivity contribution in [3.05, 3.63) is 35.6 Å². The summed E-state index contributed by atoms with van der Waals surface area (Å²) in [6.07, 6.45) is 2.03. The minimum atomic E-state index is -0.248. The highest BCUT2D eigenvalue weighted by Crippen LogP contribution is 2.25. The fourth-order valence-electron chi connectivity index (χ4n) is 2.91. The highest BCUT2D eigenvalue weighted by molar-refractivity contribution is 8.01. The van der Waals surface area contributed by atoms with Gasteiger partial charge in [-0.15, -0.1) is 10.2 Å². The fraction of sp³-hybridized carbons (Fsp3) is 0.500. The average molecular weight is 410 g/mol. The SMILES string of the molecule is CCN1CCC(NC(=O)CSc2nnc(NCc3ccc(F)cc3)s2)CC1. The number of rotatable bonds is 8. The molecule has 0 unspecified atom stereocenters. The Hall–Kier alpha value is -1.71. The van der Waals surface area contributed by atoms with Crippen LogP contribution in [-0.4, -0.2) is 52.4 Å². The summed E-state index contributed by atoms with van der Waals surface area (Å²) >= 11 is 2.81. The molecule has 2 heterocycles. The van der Waals surface area contributed by atoms with Crippen LogP contribution in [0.5, 0.6) is 0 Å². The predicted molar refractivity (Wildman–Crippen MR) is 108 cm³/mol. The van der Waals surface area contributed by atoms with E-state index in [2.05, 4.69) is 32.7 Å². The van der Waals surface area contributed by atoms with E-state index >= 15 is 0 Å². The van der Waals surface area contributed by atoms with E-state index in [0.717, 1.165) is 42.4 Å². The highest BCUT2D eigenvalue weighted by atomic mass is 32.2. The van der Waals surface area contributed by atoms with E-state index in [1.807, 2.05) is 0 Å². The molecule has 2 aromatic rings. The first-order valence-corrected chi connectivity index (χ1v) is 10.9. The van der Waals surface area contributed by atoms with Gasteiger partial charge in [-0.25, -0.2) is 4.39 Å². The Bertz CT molecular complexity index is 732. The molecule has 1 aliphatic heterocycles. The molecule has 1 saturated heterocycles. The summed E-state index contributed by atoms with van der Waals surface area (Å²) in [4.78, 5) is 14.5. The van der Waals surface area contributed by atoms with E-state index in [9.17, 15) is 9.18 Å². The third kappa shape index (κ3) is 6.44. The number of nitrogens with one attached hydrogen (secondary N) is 2. The second kappa shape index (κ2) is 10.0. The van der Waals surface area contributed by atoms with Crippen molar-refractivity contribution >= 4 is 34.1 Å². The van der Waals surface area contributed by atoms with E-state index < -0.39 is 0 Å². The molecule has 1 amide bonds. The molecule has 1 aromatic heterocycles. The second-order valence-electron chi connectivity index (χ2n) is 6.42. The second-order valence-corrected chi connectivity index (χ2v) is 8.62. The number of nitrogens with zero attached hydrogens (tertiary/aromatic N) is 3. The lowest BCUT2D eigenvalue weighted by molar-refractivity contribution is -0.119. The van der Waals surface area contributed by atoms with Crippen molar-refractivity contribution in [2.75, 3.05) is 30.7 Å². The Morgan fingerprint density at radius 3 is 2.74 bits per heavy atom. The number of amides is 1. The highest BCUT2D eigenvalue weighted by Gasteiger charge is 2.19. The molecule has 0 radical (unpaired) electrons. The van der Waals surface area contributed by atoms with Gasteiger partial charge in [-0.3, -0.25) is 4.79 Å². The van der Waals surface area contributed by atoms with Gasteiger partial charge in [0.1, 0.15) is 5.82 Å². The molecule has 1 aromatic carbocycles. The van der Waals surface area contributed by atoms with Crippen molar-refractivity contribution in [1.82, 2.24) is 20.4 Å². The van der Waals surface area contributed by atoms with Gasteiger partial charge >= 0.3 is 0 Å². The van der Waals surface area contributed by atoms with Crippen LogP contribution in [0.2, 0.25) is 0 Å². The molecule has 6 nitrogen and oxygen atoms in total. The van der Waals surface area contributed by atoms with Crippen LogP contribution >= 0.6 is 23.1 Å². The van der Waals surface area contributed by atoms with Crippen LogP contribution in [0, 0.1) is 5.82 Å². The van der Waals surface area contributed by atoms with Crippen molar-refractivity contribution in [1.29, 1.82) is 0 Å². The summed E-state index contributed by atoms with van der Waals surface area (Å²) in [5, 5.41) is 15.2. The van der Waals surface area contributed by atoms with Gasteiger partial charge in [0.2, 0.25) is 11.0 Å². The number of hydrogen-bond acceptors (Lipinski definition) is 7. The summed E-state index contributed by atoms with van der Waals surface area (Å²) in [7, 11) is 0. The van der Waals surface area contributed by atoms with Gasteiger partial charge in [-0.05, 0) is 37.1 Å². The van der Waals surface area contributed by atoms with E-state index in [-0.39, 0.29) is 17.8 Å². The zero-order valence-electron chi connectivity index (χ0n) is 15.3. The number of anilines is 1. The molecule has 1 aliphatic rings. The van der Waals surface area contributed by atoms with Gasteiger partial charge in [0.05, 0.1) is 5.75 Å². The molecule has 0 aliphatic carbocycles. The number of likely N-dealkylation sites (tertiary alicyclic amines) is 1. The maximum atomic E-state index is 12.9. The Morgan fingerprint density at radius 2 is 2.04 bits per heavy atom. The summed E-state index contributed by atoms with van der Waals surface area (Å²) in [6, 6.07) is 6.61. The standard InChI is InChI=1S/C18H24FN5OS2/c1-2-24-9-7-15(8-10-24)21-16(25)12-26-18-23-22-17(27-18)20-11-13-3-5-14(19)6-4-13/h3-6,15H,2,7-12H2,1H3,(H,20,22)(H,21,25). The van der Waals surface area contributed by atoms with Crippen molar-refractivity contribution in [3.63, 3.8) is 0 Å². The summed E-state index contributed by atoms with van der Waals surface area (Å²) < 4.78 is 13.7. The number of piperidine rings is 1. The zero-order chi connectivity index (χ0) is 19.1. The Morgan fingerprint density at radius 1 is 1.30 bits per heavy atom. The molecular weight excluding hydrogens is 385 g/mol. The maximum Gasteiger partial charge on any atom is 0.230 e. The first kappa shape index (κ1) is 20.0. The number of halogens is 1. The van der Waals surface area contributed by atoms with Gasteiger partial charge < -0.3 is 15.5 Å². The molecule has 3 rings (SSSR count). The Balaban J connectivity index is 1.37. The van der Waals surface area contributed by atoms with Crippen LogP contribution in [0.1, 0.15) is 25.3 Å². The van der Waals surface area contributed by atoms with E-state index in [1.54, 1.807) is 12.1 Å². The largest absolute Gasteiger partial charge is 0.356 e. The molecule has 2 N–H and O–H groups in total. The minimum absolute atomic E-state index is 0.0472. The molecule has 146 valence electrons. The molecule has 0 spiro atoms. The number of carbonyl (C=O) groups is 1. The van der Waals surface area contributed by atoms with Gasteiger partial charge in [0, 0.05) is 25.7 Å². The summed E-state index contributed by atoms with van der Waals surface area (Å²) in [6.45, 7) is 5.89. The molecule has 9 heteroatoms. The predicted octanol–water partition coefficient (Wildman–Crippen LogP) is 2.98. The lowest BCUT2D eigenvalue weighted by atomic mass is 10.1. The van der Waals surface area contributed by atoms with E-state index in [1.165, 1.54) is 35.2 Å². The van der Waals surface area contributed by atoms with Gasteiger partial charge in [0.15, 0.2) is 4.34 Å². The lowest BCUT2D eigenvalue weighted by Gasteiger charge is -2.31. The van der Waals surface area contributed by atoms with Gasteiger partial charge in [0.25, 0.3) is 0 Å². The van der Waals surface area contributed by atoms with Gasteiger partial charge in [-0.2, -0.15) is 0 Å². The number of aromatic nitrogens is 2. The first-order valence-electron chi connectivity index (χ1n) is 9.08. The van der Waals surface area contributed by atoms with Crippen LogP contribution in [0.15, 0.2) is 28.6 Å². The number of thioether (sulfide) groups is 1. The van der Waals surface area contributed by atoms with E-state index in [4.69, 9.17) is 0 Å². The van der Waals surface area contributed by atoms with Crippen LogP contribution in [0.4, 0.5) is 9.52 Å². The quantitative estimate of drug-likeness (QED) is 0.653. The minimum Gasteiger partial charge on any atom is -0.356 e. The molecule has 0 bridgehead atoms. The molecule has 1 fully saturated rings. The van der Waals surface area contributed by atoms with Crippen molar-refractivity contribution in [2.24, 2.45) is 0 Å². The number of hydrogen-bond donors (Lipinski definition) is 2. The lowest BCUT2D eigenvalue weighted by Crippen LogP contribution is -2.45. The first-order chi connectivity index (χ1) is 13.1. The van der Waals surface area contributed by atoms with Crippen molar-refractivity contribution in [2.45, 2.75) is 36.7 Å². The third-order valence-corrected chi connectivity index (χ3v) is 6.50. The summed E-state index contributed by atoms with van der Waals surface area (Å²) in [5.74, 6) is 0.147. The summed E-state index contributed by atoms with van der Waals surface area (Å²) in [5.41, 5.74) is 0.967. The zero-order valence-corrected chi connectivity index (χ0v) is 16.9. The monoisotopic (exact) mass is 409 g/mol. The fourth-order valence-corrected chi connectivity index (χ4v) is 4.47. The van der Waals surface area contributed by atoms with Crippen molar-refractivity contribution in [3.8, 4) is 0 Å². The number of carbonyl (C=O) groups excluding carboxylic acids is 1. The number of benzene rings is 1. The van der Waals surface area contributed by atoms with E-state index in [0.29, 0.717) is 17.4 Å². The normalized spacial score (nSPS) is 15.6. The average Bonchev–Trinajstić information content (AvgIpc) is 3.14. The Labute approximate surface area is 166 Å². The molecular formula is C18H24FN5OS2. The van der Waals surface area contributed by atoms with Crippen LogP contribution in [-0.2, 0) is 11.3 Å².